The van der Waals surface area contributed by atoms with Crippen LogP contribution >= 0.6 is 0 Å². The molecule has 20 heavy (non-hydrogen) atoms. The lowest BCUT2D eigenvalue weighted by molar-refractivity contribution is 0.235. The highest BCUT2D eigenvalue weighted by Gasteiger charge is 2.15. The van der Waals surface area contributed by atoms with Crippen LogP contribution in [-0.2, 0) is 6.42 Å². The monoisotopic (exact) mass is 276 g/mol. The first kappa shape index (κ1) is 15.3. The second kappa shape index (κ2) is 8.28. The van der Waals surface area contributed by atoms with E-state index in [1.165, 1.54) is 37.9 Å². The second-order valence-corrected chi connectivity index (χ2v) is 5.64. The van der Waals surface area contributed by atoms with E-state index in [-0.39, 0.29) is 0 Å². The summed E-state index contributed by atoms with van der Waals surface area (Å²) in [4.78, 5) is 2.56. The maximum atomic E-state index is 5.20. The maximum absolute atomic E-state index is 5.20. The normalized spacial score (nSPS) is 19.2. The van der Waals surface area contributed by atoms with E-state index < -0.39 is 0 Å². The number of likely N-dealkylation sites (N-methyl/N-ethyl adjacent to an activating group) is 1. The Balaban J connectivity index is 1.77. The molecular weight excluding hydrogens is 248 g/mol. The van der Waals surface area contributed by atoms with Crippen LogP contribution in [0.2, 0.25) is 0 Å². The number of methoxy groups -OCH3 is 1. The number of piperidine rings is 1. The first-order valence-electron chi connectivity index (χ1n) is 7.90. The minimum Gasteiger partial charge on any atom is -0.497 e. The number of hydrogen-bond acceptors (Lipinski definition) is 3. The van der Waals surface area contributed by atoms with E-state index in [0.29, 0.717) is 6.04 Å². The molecule has 0 aromatic heterocycles. The van der Waals surface area contributed by atoms with Gasteiger partial charge >= 0.3 is 0 Å². The minimum absolute atomic E-state index is 0.694. The molecule has 1 atom stereocenters. The highest BCUT2D eigenvalue weighted by Crippen LogP contribution is 2.13. The third kappa shape index (κ3) is 4.80. The van der Waals surface area contributed by atoms with Crippen molar-refractivity contribution in [3.63, 3.8) is 0 Å². The lowest BCUT2D eigenvalue weighted by Crippen LogP contribution is -2.44. The summed E-state index contributed by atoms with van der Waals surface area (Å²) in [7, 11) is 1.71. The summed E-state index contributed by atoms with van der Waals surface area (Å²) in [6.07, 6.45) is 5.17. The van der Waals surface area contributed by atoms with Crippen LogP contribution in [0.5, 0.6) is 5.75 Å². The predicted octanol–water partition coefficient (Wildman–Crippen LogP) is 2.70. The quantitative estimate of drug-likeness (QED) is 0.828. The molecule has 0 bridgehead atoms. The van der Waals surface area contributed by atoms with Gasteiger partial charge in [0.25, 0.3) is 0 Å². The average molecular weight is 276 g/mol. The van der Waals surface area contributed by atoms with E-state index in [1.807, 2.05) is 12.1 Å². The van der Waals surface area contributed by atoms with Gasteiger partial charge in [0.2, 0.25) is 0 Å². The summed E-state index contributed by atoms with van der Waals surface area (Å²) < 4.78 is 5.20. The molecule has 0 aliphatic carbocycles. The van der Waals surface area contributed by atoms with Gasteiger partial charge in [-0.3, -0.25) is 0 Å². The van der Waals surface area contributed by atoms with Gasteiger partial charge in [-0.05, 0) is 50.0 Å². The average Bonchev–Trinajstić information content (AvgIpc) is 2.53. The first-order valence-corrected chi connectivity index (χ1v) is 7.90. The van der Waals surface area contributed by atoms with Crippen molar-refractivity contribution in [3.8, 4) is 5.75 Å². The molecule has 0 radical (unpaired) electrons. The molecule has 0 spiro atoms. The van der Waals surface area contributed by atoms with Crippen LogP contribution in [0.4, 0.5) is 0 Å². The van der Waals surface area contributed by atoms with Crippen LogP contribution in [0, 0.1) is 0 Å². The molecular formula is C17H28N2O. The Labute approximate surface area is 123 Å². The number of ether oxygens (including phenoxy) is 1. The summed E-state index contributed by atoms with van der Waals surface area (Å²) in [6, 6.07) is 9.14. The Kier molecular flexibility index (Phi) is 6.34. The highest BCUT2D eigenvalue weighted by atomic mass is 16.5. The largest absolute Gasteiger partial charge is 0.497 e. The van der Waals surface area contributed by atoms with E-state index in [9.17, 15) is 0 Å². The van der Waals surface area contributed by atoms with Crippen LogP contribution in [-0.4, -0.2) is 44.2 Å². The van der Waals surface area contributed by atoms with E-state index in [0.717, 1.165) is 25.3 Å². The Hall–Kier alpha value is -1.06. The van der Waals surface area contributed by atoms with Gasteiger partial charge in [-0.25, -0.2) is 0 Å². The standard InChI is InChI=1S/C17H28N2O/c1-3-19(14-16-6-4-5-12-18-16)13-11-15-7-9-17(20-2)10-8-15/h7-10,16,18H,3-6,11-14H2,1-2H3. The van der Waals surface area contributed by atoms with Crippen molar-refractivity contribution in [2.45, 2.75) is 38.6 Å². The highest BCUT2D eigenvalue weighted by molar-refractivity contribution is 5.27. The SMILES string of the molecule is CCN(CCc1ccc(OC)cc1)CC1CCCCN1. The Morgan fingerprint density at radius 2 is 2.05 bits per heavy atom. The zero-order valence-electron chi connectivity index (χ0n) is 12.9. The molecule has 1 aromatic carbocycles. The predicted molar refractivity (Wildman–Crippen MR) is 84.5 cm³/mol. The van der Waals surface area contributed by atoms with Crippen molar-refractivity contribution < 1.29 is 4.74 Å². The zero-order chi connectivity index (χ0) is 14.2. The fourth-order valence-electron chi connectivity index (χ4n) is 2.85. The summed E-state index contributed by atoms with van der Waals surface area (Å²) in [5, 5.41) is 3.64. The molecule has 1 fully saturated rings. The van der Waals surface area contributed by atoms with E-state index in [2.05, 4.69) is 29.3 Å². The second-order valence-electron chi connectivity index (χ2n) is 5.64. The van der Waals surface area contributed by atoms with Crippen LogP contribution in [0.1, 0.15) is 31.7 Å². The van der Waals surface area contributed by atoms with Crippen molar-refractivity contribution in [2.75, 3.05) is 33.3 Å². The summed E-state index contributed by atoms with van der Waals surface area (Å²) in [5.41, 5.74) is 1.39. The summed E-state index contributed by atoms with van der Waals surface area (Å²) in [5.74, 6) is 0.938. The van der Waals surface area contributed by atoms with E-state index in [4.69, 9.17) is 4.74 Å². The van der Waals surface area contributed by atoms with Gasteiger partial charge in [-0.1, -0.05) is 25.5 Å². The Bertz CT molecular complexity index is 371. The summed E-state index contributed by atoms with van der Waals surface area (Å²) >= 11 is 0. The molecule has 2 rings (SSSR count). The Morgan fingerprint density at radius 1 is 1.25 bits per heavy atom. The number of nitrogens with one attached hydrogen (secondary N) is 1. The van der Waals surface area contributed by atoms with Crippen LogP contribution in [0.15, 0.2) is 24.3 Å². The number of hydrogen-bond donors (Lipinski definition) is 1. The molecule has 112 valence electrons. The number of nitrogens with zero attached hydrogens (tertiary/aromatic N) is 1. The van der Waals surface area contributed by atoms with Gasteiger partial charge < -0.3 is 15.0 Å². The van der Waals surface area contributed by atoms with Crippen LogP contribution < -0.4 is 10.1 Å². The van der Waals surface area contributed by atoms with Crippen LogP contribution in [0.3, 0.4) is 0 Å². The fraction of sp³-hybridized carbons (Fsp3) is 0.647. The van der Waals surface area contributed by atoms with Crippen LogP contribution in [0.25, 0.3) is 0 Å². The summed E-state index contributed by atoms with van der Waals surface area (Å²) in [6.45, 7) is 6.92. The third-order valence-corrected chi connectivity index (χ3v) is 4.21. The van der Waals surface area contributed by atoms with Crippen molar-refractivity contribution in [2.24, 2.45) is 0 Å². The molecule has 0 saturated carbocycles. The molecule has 1 aromatic rings. The molecule has 1 N–H and O–H groups in total. The molecule has 3 nitrogen and oxygen atoms in total. The molecule has 1 aliphatic heterocycles. The van der Waals surface area contributed by atoms with Crippen molar-refractivity contribution in [1.82, 2.24) is 10.2 Å². The minimum atomic E-state index is 0.694. The van der Waals surface area contributed by atoms with Gasteiger partial charge in [-0.2, -0.15) is 0 Å². The third-order valence-electron chi connectivity index (χ3n) is 4.21. The van der Waals surface area contributed by atoms with Gasteiger partial charge in [0.15, 0.2) is 0 Å². The van der Waals surface area contributed by atoms with E-state index >= 15 is 0 Å². The molecule has 1 unspecified atom stereocenters. The lowest BCUT2D eigenvalue weighted by Gasteiger charge is -2.29. The molecule has 1 aliphatic rings. The van der Waals surface area contributed by atoms with Gasteiger partial charge in [0, 0.05) is 19.1 Å². The molecule has 1 heterocycles. The molecule has 0 amide bonds. The smallest absolute Gasteiger partial charge is 0.118 e. The lowest BCUT2D eigenvalue weighted by atomic mass is 10.0. The first-order chi connectivity index (χ1) is 9.81. The van der Waals surface area contributed by atoms with Crippen molar-refractivity contribution in [3.05, 3.63) is 29.8 Å². The van der Waals surface area contributed by atoms with E-state index in [1.54, 1.807) is 7.11 Å². The molecule has 3 heteroatoms. The maximum Gasteiger partial charge on any atom is 0.118 e. The van der Waals surface area contributed by atoms with Crippen molar-refractivity contribution in [1.29, 1.82) is 0 Å². The zero-order valence-corrected chi connectivity index (χ0v) is 12.9. The Morgan fingerprint density at radius 3 is 2.65 bits per heavy atom. The topological polar surface area (TPSA) is 24.5 Å². The molecule has 1 saturated heterocycles. The fourth-order valence-corrected chi connectivity index (χ4v) is 2.85. The van der Waals surface area contributed by atoms with Gasteiger partial charge in [0.1, 0.15) is 5.75 Å². The number of benzene rings is 1. The van der Waals surface area contributed by atoms with Gasteiger partial charge in [0.05, 0.1) is 7.11 Å². The number of rotatable bonds is 7. The van der Waals surface area contributed by atoms with Gasteiger partial charge in [-0.15, -0.1) is 0 Å². The van der Waals surface area contributed by atoms with Crippen molar-refractivity contribution >= 4 is 0 Å².